The highest BCUT2D eigenvalue weighted by molar-refractivity contribution is 6.31. The van der Waals surface area contributed by atoms with Gasteiger partial charge in [-0.15, -0.1) is 0 Å². The molecule has 1 aliphatic heterocycles. The Morgan fingerprint density at radius 1 is 1.50 bits per heavy atom. The van der Waals surface area contributed by atoms with Gasteiger partial charge in [-0.05, 0) is 24.1 Å². The minimum absolute atomic E-state index is 0.00407. The Hall–Kier alpha value is -1.22. The molecule has 1 heterocycles. The second kappa shape index (κ2) is 3.50. The number of carbonyl (C=O) groups excluding carboxylic acids is 1. The second-order valence-electron chi connectivity index (χ2n) is 3.36. The molecule has 1 aliphatic rings. The van der Waals surface area contributed by atoms with Crippen molar-refractivity contribution in [1.29, 1.82) is 0 Å². The molecule has 4 heteroatoms. The topological polar surface area (TPSA) is 49.3 Å². The van der Waals surface area contributed by atoms with E-state index in [1.54, 1.807) is 12.1 Å². The normalized spacial score (nSPS) is 20.9. The molecule has 1 saturated heterocycles. The molecule has 1 atom stereocenters. The number of phenolic OH excluding ortho intramolecular Hbond substituents is 1. The zero-order chi connectivity index (χ0) is 10.1. The molecule has 1 fully saturated rings. The Balaban J connectivity index is 2.28. The standard InChI is InChI=1S/C10H10ClNO2/c11-8-5-6(13)1-2-7(8)9-3-4-10(14)12-9/h1-2,5,9,13H,3-4H2,(H,12,14)/t9-/m0/s1. The van der Waals surface area contributed by atoms with E-state index in [0.29, 0.717) is 11.4 Å². The van der Waals surface area contributed by atoms with E-state index >= 15 is 0 Å². The monoisotopic (exact) mass is 211 g/mol. The number of nitrogens with one attached hydrogen (secondary N) is 1. The van der Waals surface area contributed by atoms with E-state index in [2.05, 4.69) is 5.32 Å². The molecule has 1 aromatic carbocycles. The first-order chi connectivity index (χ1) is 6.66. The minimum atomic E-state index is -0.00407. The minimum Gasteiger partial charge on any atom is -0.508 e. The van der Waals surface area contributed by atoms with Crippen LogP contribution in [0.25, 0.3) is 0 Å². The summed E-state index contributed by atoms with van der Waals surface area (Å²) in [5.74, 6) is 0.196. The summed E-state index contributed by atoms with van der Waals surface area (Å²) in [5.41, 5.74) is 0.871. The Kier molecular flexibility index (Phi) is 2.33. The second-order valence-corrected chi connectivity index (χ2v) is 3.77. The van der Waals surface area contributed by atoms with E-state index in [9.17, 15) is 4.79 Å². The number of benzene rings is 1. The van der Waals surface area contributed by atoms with Gasteiger partial charge in [-0.3, -0.25) is 4.79 Å². The number of phenols is 1. The molecule has 0 unspecified atom stereocenters. The van der Waals surface area contributed by atoms with Gasteiger partial charge in [0.2, 0.25) is 5.91 Å². The van der Waals surface area contributed by atoms with E-state index in [4.69, 9.17) is 16.7 Å². The quantitative estimate of drug-likeness (QED) is 0.747. The van der Waals surface area contributed by atoms with Crippen molar-refractivity contribution in [1.82, 2.24) is 5.32 Å². The first-order valence-electron chi connectivity index (χ1n) is 4.44. The van der Waals surface area contributed by atoms with Gasteiger partial charge in [0.1, 0.15) is 5.75 Å². The van der Waals surface area contributed by atoms with Crippen LogP contribution in [0.5, 0.6) is 5.75 Å². The van der Waals surface area contributed by atoms with Crippen LogP contribution in [0.2, 0.25) is 5.02 Å². The van der Waals surface area contributed by atoms with E-state index in [0.717, 1.165) is 12.0 Å². The van der Waals surface area contributed by atoms with Crippen molar-refractivity contribution in [3.63, 3.8) is 0 Å². The van der Waals surface area contributed by atoms with Gasteiger partial charge in [-0.2, -0.15) is 0 Å². The van der Waals surface area contributed by atoms with Crippen LogP contribution >= 0.6 is 11.6 Å². The lowest BCUT2D eigenvalue weighted by Crippen LogP contribution is -2.18. The maximum Gasteiger partial charge on any atom is 0.220 e. The fraction of sp³-hybridized carbons (Fsp3) is 0.300. The molecule has 0 aromatic heterocycles. The number of rotatable bonds is 1. The van der Waals surface area contributed by atoms with Crippen LogP contribution < -0.4 is 5.32 Å². The maximum atomic E-state index is 11.0. The molecule has 0 radical (unpaired) electrons. The summed E-state index contributed by atoms with van der Waals surface area (Å²) in [5, 5.41) is 12.5. The van der Waals surface area contributed by atoms with Crippen LogP contribution in [-0.4, -0.2) is 11.0 Å². The molecule has 14 heavy (non-hydrogen) atoms. The smallest absolute Gasteiger partial charge is 0.220 e. The largest absolute Gasteiger partial charge is 0.508 e. The van der Waals surface area contributed by atoms with Crippen LogP contribution in [0.15, 0.2) is 18.2 Å². The molecule has 0 saturated carbocycles. The van der Waals surface area contributed by atoms with Crippen molar-refractivity contribution in [3.8, 4) is 5.75 Å². The van der Waals surface area contributed by atoms with Gasteiger partial charge in [-0.1, -0.05) is 17.7 Å². The first kappa shape index (κ1) is 9.34. The Morgan fingerprint density at radius 2 is 2.29 bits per heavy atom. The lowest BCUT2D eigenvalue weighted by Gasteiger charge is -2.12. The van der Waals surface area contributed by atoms with Crippen molar-refractivity contribution >= 4 is 17.5 Å². The van der Waals surface area contributed by atoms with Crippen LogP contribution in [0.3, 0.4) is 0 Å². The number of aromatic hydroxyl groups is 1. The van der Waals surface area contributed by atoms with E-state index in [-0.39, 0.29) is 17.7 Å². The van der Waals surface area contributed by atoms with Crippen LogP contribution in [-0.2, 0) is 4.79 Å². The maximum absolute atomic E-state index is 11.0. The lowest BCUT2D eigenvalue weighted by atomic mass is 10.1. The number of amides is 1. The van der Waals surface area contributed by atoms with Gasteiger partial charge in [0.05, 0.1) is 6.04 Å². The molecule has 3 nitrogen and oxygen atoms in total. The third kappa shape index (κ3) is 1.68. The predicted octanol–water partition coefficient (Wildman–Crippen LogP) is 2.00. The highest BCUT2D eigenvalue weighted by atomic mass is 35.5. The molecule has 74 valence electrons. The highest BCUT2D eigenvalue weighted by Crippen LogP contribution is 2.31. The van der Waals surface area contributed by atoms with Gasteiger partial charge in [0, 0.05) is 11.4 Å². The Bertz CT molecular complexity index is 378. The number of carbonyl (C=O) groups is 1. The van der Waals surface area contributed by atoms with Crippen molar-refractivity contribution < 1.29 is 9.90 Å². The molecule has 2 rings (SSSR count). The lowest BCUT2D eigenvalue weighted by molar-refractivity contribution is -0.119. The number of halogens is 1. The SMILES string of the molecule is O=C1CC[C@@H](c2ccc(O)cc2Cl)N1. The molecule has 0 bridgehead atoms. The summed E-state index contributed by atoms with van der Waals surface area (Å²) in [6.07, 6.45) is 1.31. The fourth-order valence-electron chi connectivity index (χ4n) is 1.65. The highest BCUT2D eigenvalue weighted by Gasteiger charge is 2.23. The van der Waals surface area contributed by atoms with Gasteiger partial charge in [0.15, 0.2) is 0 Å². The summed E-state index contributed by atoms with van der Waals surface area (Å²) in [4.78, 5) is 11.0. The molecule has 2 N–H and O–H groups in total. The number of hydrogen-bond acceptors (Lipinski definition) is 2. The molecular formula is C10H10ClNO2. The third-order valence-electron chi connectivity index (χ3n) is 2.35. The summed E-state index contributed by atoms with van der Waals surface area (Å²) in [7, 11) is 0. The zero-order valence-corrected chi connectivity index (χ0v) is 8.21. The third-order valence-corrected chi connectivity index (χ3v) is 2.68. The van der Waals surface area contributed by atoms with Crippen molar-refractivity contribution in [2.75, 3.05) is 0 Å². The molecule has 0 aliphatic carbocycles. The Morgan fingerprint density at radius 3 is 2.86 bits per heavy atom. The van der Waals surface area contributed by atoms with Gasteiger partial charge < -0.3 is 10.4 Å². The first-order valence-corrected chi connectivity index (χ1v) is 4.82. The Labute approximate surface area is 86.7 Å². The van der Waals surface area contributed by atoms with Crippen molar-refractivity contribution in [2.45, 2.75) is 18.9 Å². The summed E-state index contributed by atoms with van der Waals surface area (Å²) >= 11 is 5.95. The van der Waals surface area contributed by atoms with Crippen molar-refractivity contribution in [3.05, 3.63) is 28.8 Å². The van der Waals surface area contributed by atoms with Gasteiger partial charge >= 0.3 is 0 Å². The zero-order valence-electron chi connectivity index (χ0n) is 7.46. The predicted molar refractivity (Wildman–Crippen MR) is 53.2 cm³/mol. The summed E-state index contributed by atoms with van der Waals surface area (Å²) < 4.78 is 0. The van der Waals surface area contributed by atoms with E-state index in [1.165, 1.54) is 6.07 Å². The fourth-order valence-corrected chi connectivity index (χ4v) is 1.95. The van der Waals surface area contributed by atoms with Gasteiger partial charge in [-0.25, -0.2) is 0 Å². The summed E-state index contributed by atoms with van der Waals surface area (Å²) in [6.45, 7) is 0. The van der Waals surface area contributed by atoms with Crippen LogP contribution in [0.1, 0.15) is 24.4 Å². The molecule has 1 aromatic rings. The van der Waals surface area contributed by atoms with E-state index < -0.39 is 0 Å². The average Bonchev–Trinajstić information content (AvgIpc) is 2.51. The number of hydrogen-bond donors (Lipinski definition) is 2. The van der Waals surface area contributed by atoms with Crippen molar-refractivity contribution in [2.24, 2.45) is 0 Å². The van der Waals surface area contributed by atoms with Gasteiger partial charge in [0.25, 0.3) is 0 Å². The molecule has 0 spiro atoms. The average molecular weight is 212 g/mol. The molecular weight excluding hydrogens is 202 g/mol. The van der Waals surface area contributed by atoms with Crippen LogP contribution in [0, 0.1) is 0 Å². The van der Waals surface area contributed by atoms with Crippen LogP contribution in [0.4, 0.5) is 0 Å². The van der Waals surface area contributed by atoms with E-state index in [1.807, 2.05) is 0 Å². The molecule has 1 amide bonds. The summed E-state index contributed by atoms with van der Waals surface area (Å²) in [6, 6.07) is 4.80.